The average Bonchev–Trinajstić information content (AvgIpc) is 2.91. The molecule has 134 valence electrons. The highest BCUT2D eigenvalue weighted by Gasteiger charge is 2.37. The molecule has 0 radical (unpaired) electrons. The van der Waals surface area contributed by atoms with Crippen LogP contribution in [0.1, 0.15) is 12.0 Å². The van der Waals surface area contributed by atoms with Gasteiger partial charge in [0, 0.05) is 20.0 Å². The Kier molecular flexibility index (Phi) is 5.96. The number of hydrogen-bond donors (Lipinski definition) is 1. The topological polar surface area (TPSA) is 61.8 Å². The predicted molar refractivity (Wildman–Crippen MR) is 106 cm³/mol. The largest absolute Gasteiger partial charge is 0.352 e. The molecule has 1 heterocycles. The summed E-state index contributed by atoms with van der Waals surface area (Å²) < 4.78 is 0. The number of benzene rings is 2. The fourth-order valence-electron chi connectivity index (χ4n) is 2.48. The molecule has 0 bridgehead atoms. The monoisotopic (exact) mass is 387 g/mol. The van der Waals surface area contributed by atoms with Crippen LogP contribution in [0.3, 0.4) is 0 Å². The molecular formula is C19H18ClN3O2S. The number of amides is 2. The highest BCUT2D eigenvalue weighted by atomic mass is 35.5. The number of rotatable bonds is 5. The highest BCUT2D eigenvalue weighted by molar-refractivity contribution is 8.15. The maximum absolute atomic E-state index is 12.4. The molecule has 1 saturated heterocycles. The van der Waals surface area contributed by atoms with Crippen molar-refractivity contribution in [1.29, 1.82) is 0 Å². The molecule has 0 aromatic heterocycles. The van der Waals surface area contributed by atoms with E-state index in [1.165, 1.54) is 16.7 Å². The standard InChI is InChI=1S/C19H18ClN3O2S/c1-23-18(25)16(11-17(24)21-12-13-7-3-2-4-8-13)26-19(23)22-15-10-6-5-9-14(15)20/h2-10,16H,11-12H2,1H3,(H,21,24)/t16-/m1/s1. The van der Waals surface area contributed by atoms with Crippen molar-refractivity contribution in [3.05, 3.63) is 65.2 Å². The van der Waals surface area contributed by atoms with Crippen molar-refractivity contribution in [1.82, 2.24) is 10.2 Å². The van der Waals surface area contributed by atoms with Crippen LogP contribution in [0.5, 0.6) is 0 Å². The number of nitrogens with one attached hydrogen (secondary N) is 1. The van der Waals surface area contributed by atoms with Crippen LogP contribution in [0.25, 0.3) is 0 Å². The first-order valence-electron chi connectivity index (χ1n) is 8.12. The van der Waals surface area contributed by atoms with Crippen LogP contribution in [0, 0.1) is 0 Å². The van der Waals surface area contributed by atoms with Crippen molar-refractivity contribution >= 4 is 46.0 Å². The van der Waals surface area contributed by atoms with Gasteiger partial charge in [0.2, 0.25) is 11.8 Å². The molecule has 7 heteroatoms. The van der Waals surface area contributed by atoms with E-state index >= 15 is 0 Å². The van der Waals surface area contributed by atoms with Crippen molar-refractivity contribution in [3.63, 3.8) is 0 Å². The maximum Gasteiger partial charge on any atom is 0.242 e. The first-order valence-corrected chi connectivity index (χ1v) is 9.38. The minimum atomic E-state index is -0.475. The number of halogens is 1. The number of hydrogen-bond acceptors (Lipinski definition) is 4. The molecular weight excluding hydrogens is 370 g/mol. The van der Waals surface area contributed by atoms with Crippen molar-refractivity contribution < 1.29 is 9.59 Å². The number of para-hydroxylation sites is 1. The predicted octanol–water partition coefficient (Wildman–Crippen LogP) is 3.61. The van der Waals surface area contributed by atoms with E-state index in [-0.39, 0.29) is 18.2 Å². The second-order valence-corrected chi connectivity index (χ2v) is 7.39. The van der Waals surface area contributed by atoms with Crippen LogP contribution in [-0.4, -0.2) is 34.2 Å². The first kappa shape index (κ1) is 18.5. The van der Waals surface area contributed by atoms with Gasteiger partial charge in [-0.2, -0.15) is 0 Å². The fourth-order valence-corrected chi connectivity index (χ4v) is 3.81. The molecule has 1 fully saturated rings. The molecule has 2 aromatic rings. The quantitative estimate of drug-likeness (QED) is 0.852. The zero-order valence-electron chi connectivity index (χ0n) is 14.2. The minimum absolute atomic E-state index is 0.113. The fraction of sp³-hybridized carbons (Fsp3) is 0.211. The van der Waals surface area contributed by atoms with E-state index in [1.54, 1.807) is 19.2 Å². The third-order valence-corrected chi connectivity index (χ3v) is 5.46. The van der Waals surface area contributed by atoms with Gasteiger partial charge in [-0.05, 0) is 17.7 Å². The molecule has 0 saturated carbocycles. The van der Waals surface area contributed by atoms with Gasteiger partial charge in [0.15, 0.2) is 5.17 Å². The number of aliphatic imine (C=N–C) groups is 1. The third-order valence-electron chi connectivity index (χ3n) is 3.91. The van der Waals surface area contributed by atoms with E-state index in [0.29, 0.717) is 22.4 Å². The van der Waals surface area contributed by atoms with E-state index in [0.717, 1.165) is 5.56 Å². The smallest absolute Gasteiger partial charge is 0.242 e. The molecule has 26 heavy (non-hydrogen) atoms. The summed E-state index contributed by atoms with van der Waals surface area (Å²) in [5.41, 5.74) is 1.62. The number of thioether (sulfide) groups is 1. The van der Waals surface area contributed by atoms with Crippen molar-refractivity contribution in [2.45, 2.75) is 18.2 Å². The molecule has 3 rings (SSSR count). The van der Waals surface area contributed by atoms with Gasteiger partial charge in [0.05, 0.1) is 10.7 Å². The summed E-state index contributed by atoms with van der Waals surface area (Å²) in [4.78, 5) is 30.5. The van der Waals surface area contributed by atoms with Gasteiger partial charge in [0.25, 0.3) is 0 Å². The Balaban J connectivity index is 1.62. The number of amidine groups is 1. The van der Waals surface area contributed by atoms with Gasteiger partial charge in [-0.25, -0.2) is 4.99 Å². The second-order valence-electron chi connectivity index (χ2n) is 5.82. The lowest BCUT2D eigenvalue weighted by Gasteiger charge is -2.09. The summed E-state index contributed by atoms with van der Waals surface area (Å²) in [7, 11) is 1.66. The average molecular weight is 388 g/mol. The zero-order chi connectivity index (χ0) is 18.5. The Morgan fingerprint density at radius 2 is 1.88 bits per heavy atom. The molecule has 0 unspecified atom stereocenters. The van der Waals surface area contributed by atoms with Crippen LogP contribution in [0.2, 0.25) is 5.02 Å². The van der Waals surface area contributed by atoms with Crippen molar-refractivity contribution in [2.24, 2.45) is 4.99 Å². The molecule has 1 atom stereocenters. The number of carbonyl (C=O) groups is 2. The van der Waals surface area contributed by atoms with E-state index in [9.17, 15) is 9.59 Å². The lowest BCUT2D eigenvalue weighted by molar-refractivity contribution is -0.128. The molecule has 0 aliphatic carbocycles. The molecule has 2 amide bonds. The lowest BCUT2D eigenvalue weighted by Crippen LogP contribution is -2.32. The molecule has 0 spiro atoms. The second kappa shape index (κ2) is 8.38. The third kappa shape index (κ3) is 4.45. The zero-order valence-corrected chi connectivity index (χ0v) is 15.8. The van der Waals surface area contributed by atoms with Crippen LogP contribution in [-0.2, 0) is 16.1 Å². The Hall–Kier alpha value is -2.31. The molecule has 2 aromatic carbocycles. The van der Waals surface area contributed by atoms with E-state index in [1.807, 2.05) is 42.5 Å². The van der Waals surface area contributed by atoms with E-state index in [4.69, 9.17) is 11.6 Å². The van der Waals surface area contributed by atoms with Crippen LogP contribution in [0.15, 0.2) is 59.6 Å². The van der Waals surface area contributed by atoms with Crippen LogP contribution < -0.4 is 5.32 Å². The van der Waals surface area contributed by atoms with Crippen LogP contribution in [0.4, 0.5) is 5.69 Å². The van der Waals surface area contributed by atoms with Gasteiger partial charge in [0.1, 0.15) is 5.25 Å². The van der Waals surface area contributed by atoms with Gasteiger partial charge in [-0.15, -0.1) is 0 Å². The van der Waals surface area contributed by atoms with Gasteiger partial charge in [-0.1, -0.05) is 65.8 Å². The molecule has 1 N–H and O–H groups in total. The molecule has 1 aliphatic rings. The number of nitrogens with zero attached hydrogens (tertiary/aromatic N) is 2. The SMILES string of the molecule is CN1C(=O)[C@@H](CC(=O)NCc2ccccc2)SC1=Nc1ccccc1Cl. The molecule has 5 nitrogen and oxygen atoms in total. The summed E-state index contributed by atoms with van der Waals surface area (Å²) in [6.07, 6.45) is 0.113. The number of carbonyl (C=O) groups excluding carboxylic acids is 2. The first-order chi connectivity index (χ1) is 12.5. The minimum Gasteiger partial charge on any atom is -0.352 e. The Morgan fingerprint density at radius 3 is 2.62 bits per heavy atom. The van der Waals surface area contributed by atoms with E-state index < -0.39 is 5.25 Å². The summed E-state index contributed by atoms with van der Waals surface area (Å²) in [6.45, 7) is 0.446. The summed E-state index contributed by atoms with van der Waals surface area (Å²) in [6, 6.07) is 16.8. The van der Waals surface area contributed by atoms with Crippen LogP contribution >= 0.6 is 23.4 Å². The molecule has 1 aliphatic heterocycles. The van der Waals surface area contributed by atoms with Crippen molar-refractivity contribution in [3.8, 4) is 0 Å². The lowest BCUT2D eigenvalue weighted by atomic mass is 10.2. The highest BCUT2D eigenvalue weighted by Crippen LogP contribution is 2.32. The summed E-state index contributed by atoms with van der Waals surface area (Å²) >= 11 is 7.41. The van der Waals surface area contributed by atoms with Gasteiger partial charge >= 0.3 is 0 Å². The Labute approximate surface area is 161 Å². The Morgan fingerprint density at radius 1 is 1.19 bits per heavy atom. The van der Waals surface area contributed by atoms with E-state index in [2.05, 4.69) is 10.3 Å². The van der Waals surface area contributed by atoms with Gasteiger partial charge < -0.3 is 5.32 Å². The summed E-state index contributed by atoms with van der Waals surface area (Å²) in [5, 5.41) is 3.44. The Bertz CT molecular complexity index is 842. The summed E-state index contributed by atoms with van der Waals surface area (Å²) in [5.74, 6) is -0.289. The van der Waals surface area contributed by atoms with Gasteiger partial charge in [-0.3, -0.25) is 14.5 Å². The van der Waals surface area contributed by atoms with Crippen molar-refractivity contribution in [2.75, 3.05) is 7.05 Å². The maximum atomic E-state index is 12.4. The normalized spacial score (nSPS) is 18.4.